The number of nitrogens with zero attached hydrogens (tertiary/aromatic N) is 4. The van der Waals surface area contributed by atoms with E-state index in [-0.39, 0.29) is 36.8 Å². The molecule has 0 saturated heterocycles. The van der Waals surface area contributed by atoms with Crippen molar-refractivity contribution in [1.29, 1.82) is 0 Å². The van der Waals surface area contributed by atoms with Crippen molar-refractivity contribution in [2.24, 2.45) is 0 Å². The SMILES string of the molecule is O=C(O)CNC(=O)c1c(O)c2c(n(Cc3cccc(-c4cccnc4)c3)c1=O)CN(C(=O)C1=CSC=[N+]1)C2. The highest BCUT2D eigenvalue weighted by Crippen LogP contribution is 2.33. The lowest BCUT2D eigenvalue weighted by atomic mass is 10.0. The molecular formula is C26H21N5O6S+. The number of thioether (sulfide) groups is 1. The molecule has 3 N–H and O–H groups in total. The second-order valence-electron chi connectivity index (χ2n) is 8.59. The van der Waals surface area contributed by atoms with Crippen LogP contribution >= 0.6 is 11.8 Å². The van der Waals surface area contributed by atoms with Crippen LogP contribution in [0, 0.1) is 0 Å². The predicted octanol–water partition coefficient (Wildman–Crippen LogP) is 1.27. The largest absolute Gasteiger partial charge is 0.506 e. The summed E-state index contributed by atoms with van der Waals surface area (Å²) in [4.78, 5) is 59.9. The number of hydrogen-bond acceptors (Lipinski definition) is 8. The molecule has 2 aromatic heterocycles. The average molecular weight is 532 g/mol. The highest BCUT2D eigenvalue weighted by molar-refractivity contribution is 8.14. The maximum absolute atomic E-state index is 13.6. The minimum Gasteiger partial charge on any atom is -0.506 e. The van der Waals surface area contributed by atoms with E-state index in [2.05, 4.69) is 15.3 Å². The molecule has 1 aromatic carbocycles. The molecular weight excluding hydrogens is 510 g/mol. The van der Waals surface area contributed by atoms with Gasteiger partial charge < -0.3 is 25.0 Å². The van der Waals surface area contributed by atoms with E-state index >= 15 is 0 Å². The molecule has 38 heavy (non-hydrogen) atoms. The van der Waals surface area contributed by atoms with Gasteiger partial charge in [-0.1, -0.05) is 24.3 Å². The van der Waals surface area contributed by atoms with Crippen LogP contribution in [0.25, 0.3) is 11.1 Å². The first-order chi connectivity index (χ1) is 18.3. The van der Waals surface area contributed by atoms with Gasteiger partial charge in [-0.2, -0.15) is 0 Å². The number of aliphatic imine (C=N–C) groups is 1. The van der Waals surface area contributed by atoms with Crippen LogP contribution in [-0.2, 0) is 29.2 Å². The fourth-order valence-corrected chi connectivity index (χ4v) is 4.91. The average Bonchev–Trinajstić information content (AvgIpc) is 3.61. The molecule has 12 heteroatoms. The van der Waals surface area contributed by atoms with Crippen molar-refractivity contribution in [2.45, 2.75) is 19.6 Å². The normalized spacial score (nSPS) is 13.8. The number of carboxylic acids is 1. The van der Waals surface area contributed by atoms with Crippen LogP contribution in [0.5, 0.6) is 5.75 Å². The van der Waals surface area contributed by atoms with Crippen LogP contribution in [0.4, 0.5) is 0 Å². The van der Waals surface area contributed by atoms with Crippen molar-refractivity contribution in [3.63, 3.8) is 0 Å². The summed E-state index contributed by atoms with van der Waals surface area (Å²) in [6, 6.07) is 11.2. The summed E-state index contributed by atoms with van der Waals surface area (Å²) in [5, 5.41) is 23.6. The summed E-state index contributed by atoms with van der Waals surface area (Å²) in [7, 11) is 0. The van der Waals surface area contributed by atoms with Crippen LogP contribution in [0.15, 0.2) is 64.7 Å². The Kier molecular flexibility index (Phi) is 6.79. The van der Waals surface area contributed by atoms with E-state index in [9.17, 15) is 24.3 Å². The summed E-state index contributed by atoms with van der Waals surface area (Å²) in [6.45, 7) is -0.704. The summed E-state index contributed by atoms with van der Waals surface area (Å²) < 4.78 is 1.35. The number of hydrogen-bond donors (Lipinski definition) is 3. The number of fused-ring (bicyclic) bond motifs is 1. The predicted molar refractivity (Wildman–Crippen MR) is 139 cm³/mol. The topological polar surface area (TPSA) is 156 Å². The minimum absolute atomic E-state index is 0.0216. The van der Waals surface area contributed by atoms with Gasteiger partial charge in [0, 0.05) is 23.7 Å². The van der Waals surface area contributed by atoms with E-state index in [4.69, 9.17) is 5.11 Å². The van der Waals surface area contributed by atoms with Gasteiger partial charge in [0.15, 0.2) is 0 Å². The molecule has 0 atom stereocenters. The van der Waals surface area contributed by atoms with Gasteiger partial charge in [-0.25, -0.2) is 0 Å². The number of amides is 2. The zero-order valence-corrected chi connectivity index (χ0v) is 20.6. The van der Waals surface area contributed by atoms with E-state index < -0.39 is 35.3 Å². The molecule has 0 spiro atoms. The van der Waals surface area contributed by atoms with Gasteiger partial charge in [-0.05, 0) is 40.6 Å². The minimum atomic E-state index is -1.30. The third kappa shape index (κ3) is 4.81. The lowest BCUT2D eigenvalue weighted by Gasteiger charge is -2.16. The molecule has 0 fully saturated rings. The number of carbonyl (C=O) groups is 3. The molecule has 0 saturated carbocycles. The Morgan fingerprint density at radius 3 is 2.66 bits per heavy atom. The molecule has 0 bridgehead atoms. The van der Waals surface area contributed by atoms with E-state index in [0.717, 1.165) is 16.7 Å². The Bertz CT molecular complexity index is 1580. The van der Waals surface area contributed by atoms with Crippen LogP contribution in [0.2, 0.25) is 0 Å². The van der Waals surface area contributed by atoms with Crippen LogP contribution < -0.4 is 15.9 Å². The number of nitrogens with one attached hydrogen (secondary N) is 1. The molecule has 0 unspecified atom stereocenters. The summed E-state index contributed by atoms with van der Waals surface area (Å²) in [6.07, 6.45) is 3.39. The lowest BCUT2D eigenvalue weighted by molar-refractivity contribution is -0.135. The number of pyridine rings is 2. The number of carbonyl (C=O) groups excluding carboxylic acids is 2. The number of aliphatic carboxylic acids is 1. The van der Waals surface area contributed by atoms with Crippen molar-refractivity contribution in [3.05, 3.63) is 92.6 Å². The van der Waals surface area contributed by atoms with Gasteiger partial charge >= 0.3 is 17.6 Å². The first kappa shape index (κ1) is 25.0. The first-order valence-corrected chi connectivity index (χ1v) is 12.4. The third-order valence-corrected chi connectivity index (χ3v) is 6.76. The van der Waals surface area contributed by atoms with Crippen LogP contribution in [0.1, 0.15) is 27.2 Å². The molecule has 191 valence electrons. The van der Waals surface area contributed by atoms with Crippen molar-refractivity contribution in [3.8, 4) is 16.9 Å². The Labute approximate surface area is 220 Å². The Hall–Kier alpha value is -4.71. The zero-order valence-electron chi connectivity index (χ0n) is 19.8. The highest BCUT2D eigenvalue weighted by atomic mass is 32.2. The summed E-state index contributed by atoms with van der Waals surface area (Å²) >= 11 is 1.27. The molecule has 2 amide bonds. The van der Waals surface area contributed by atoms with E-state index in [0.29, 0.717) is 5.69 Å². The maximum Gasteiger partial charge on any atom is 0.348 e. The summed E-state index contributed by atoms with van der Waals surface area (Å²) in [5.74, 6) is -3.26. The number of aromatic hydroxyl groups is 1. The van der Waals surface area contributed by atoms with Crippen molar-refractivity contribution < 1.29 is 24.6 Å². The second kappa shape index (κ2) is 10.3. The van der Waals surface area contributed by atoms with Gasteiger partial charge in [0.1, 0.15) is 17.9 Å². The highest BCUT2D eigenvalue weighted by Gasteiger charge is 2.37. The Morgan fingerprint density at radius 1 is 1.13 bits per heavy atom. The number of carboxylic acid groups (broad SMARTS) is 1. The first-order valence-electron chi connectivity index (χ1n) is 11.5. The monoisotopic (exact) mass is 531 g/mol. The molecule has 5 rings (SSSR count). The fraction of sp³-hybridized carbons (Fsp3) is 0.154. The molecule has 0 aliphatic carbocycles. The molecule has 4 heterocycles. The standard InChI is InChI=1S/C26H21N5O6S/c32-21(33)9-28-24(35)22-23(34)18-11-30(25(36)19-13-38-14-29-19)12-20(18)31(26(22)37)10-15-3-1-4-16(7-15)17-5-2-6-27-8-17/h1-8,13-14,34H,9-12H2,(H,28,35)(H,32,33)/q+1. The number of benzene rings is 1. The van der Waals surface area contributed by atoms with Crippen molar-refractivity contribution in [1.82, 2.24) is 24.8 Å². The van der Waals surface area contributed by atoms with Gasteiger partial charge in [0.25, 0.3) is 17.0 Å². The van der Waals surface area contributed by atoms with E-state index in [1.54, 1.807) is 17.8 Å². The molecule has 1 radical (unpaired) electrons. The number of rotatable bonds is 7. The molecule has 11 nitrogen and oxygen atoms in total. The Balaban J connectivity index is 1.57. The van der Waals surface area contributed by atoms with E-state index in [1.165, 1.54) is 26.8 Å². The molecule has 3 aromatic rings. The lowest BCUT2D eigenvalue weighted by Crippen LogP contribution is -2.37. The van der Waals surface area contributed by atoms with Crippen LogP contribution in [-0.4, -0.2) is 54.5 Å². The molecule has 2 aliphatic rings. The molecule has 2 aliphatic heterocycles. The maximum atomic E-state index is 13.6. The van der Waals surface area contributed by atoms with E-state index in [1.807, 2.05) is 36.4 Å². The van der Waals surface area contributed by atoms with Crippen molar-refractivity contribution in [2.75, 3.05) is 6.54 Å². The quantitative estimate of drug-likeness (QED) is 0.412. The number of aromatic nitrogens is 2. The van der Waals surface area contributed by atoms with Crippen molar-refractivity contribution >= 4 is 35.1 Å². The van der Waals surface area contributed by atoms with Crippen LogP contribution in [0.3, 0.4) is 0 Å². The smallest absolute Gasteiger partial charge is 0.348 e. The summed E-state index contributed by atoms with van der Waals surface area (Å²) in [5.41, 5.74) is 3.53. The van der Waals surface area contributed by atoms with Gasteiger partial charge in [-0.3, -0.25) is 24.2 Å². The Morgan fingerprint density at radius 2 is 1.95 bits per heavy atom. The van der Waals surface area contributed by atoms with Gasteiger partial charge in [0.05, 0.1) is 30.0 Å². The fourth-order valence-electron chi connectivity index (χ4n) is 4.39. The third-order valence-electron chi connectivity index (χ3n) is 6.17. The van der Waals surface area contributed by atoms with Gasteiger partial charge in [0.2, 0.25) is 0 Å². The van der Waals surface area contributed by atoms with Gasteiger partial charge in [-0.15, -0.1) is 0 Å². The zero-order chi connectivity index (χ0) is 26.8. The second-order valence-corrected chi connectivity index (χ2v) is 9.31.